The minimum atomic E-state index is -0.335. The first-order chi connectivity index (χ1) is 9.27. The van der Waals surface area contributed by atoms with Crippen LogP contribution in [0.2, 0.25) is 0 Å². The summed E-state index contributed by atoms with van der Waals surface area (Å²) < 4.78 is 6.95. The molecule has 6 heteroatoms. The van der Waals surface area contributed by atoms with Gasteiger partial charge >= 0.3 is 5.97 Å². The molecule has 1 saturated carbocycles. The average Bonchev–Trinajstić information content (AvgIpc) is 3.15. The van der Waals surface area contributed by atoms with Crippen molar-refractivity contribution in [3.05, 3.63) is 11.4 Å². The summed E-state index contributed by atoms with van der Waals surface area (Å²) in [7, 11) is 0. The molecule has 0 aliphatic heterocycles. The molecule has 0 saturated heterocycles. The van der Waals surface area contributed by atoms with Crippen molar-refractivity contribution < 1.29 is 9.53 Å². The summed E-state index contributed by atoms with van der Waals surface area (Å²) in [6.07, 6.45) is 3.32. The second-order valence-corrected chi connectivity index (χ2v) is 5.99. The molecule has 0 bridgehead atoms. The molecule has 0 amide bonds. The van der Waals surface area contributed by atoms with Crippen molar-refractivity contribution in [3.63, 3.8) is 0 Å². The topological polar surface area (TPSA) is 57.0 Å². The lowest BCUT2D eigenvalue weighted by atomic mass is 10.2. The molecule has 0 unspecified atom stereocenters. The fourth-order valence-corrected chi connectivity index (χ4v) is 2.67. The van der Waals surface area contributed by atoms with E-state index >= 15 is 0 Å². The second-order valence-electron chi connectivity index (χ2n) is 4.59. The lowest BCUT2D eigenvalue weighted by Crippen LogP contribution is -2.11. The number of esters is 1. The molecule has 0 N–H and O–H groups in total. The highest BCUT2D eigenvalue weighted by atomic mass is 32.2. The average molecular weight is 283 g/mol. The van der Waals surface area contributed by atoms with E-state index in [-0.39, 0.29) is 5.97 Å². The van der Waals surface area contributed by atoms with E-state index in [4.69, 9.17) is 4.74 Å². The number of aryl methyl sites for hydroxylation is 1. The number of thioether (sulfide) groups is 1. The fraction of sp³-hybridized carbons (Fsp3) is 0.769. The third-order valence-electron chi connectivity index (χ3n) is 3.07. The largest absolute Gasteiger partial charge is 0.461 e. The SMILES string of the molecule is CCOC(=O)c1nnn(CCCSCC)c1C1CC1. The Kier molecular flexibility index (Phi) is 5.24. The van der Waals surface area contributed by atoms with E-state index < -0.39 is 0 Å². The van der Waals surface area contributed by atoms with Gasteiger partial charge in [-0.1, -0.05) is 12.1 Å². The molecule has 1 heterocycles. The first-order valence-electron chi connectivity index (χ1n) is 6.96. The quantitative estimate of drug-likeness (QED) is 0.542. The molecule has 106 valence electrons. The summed E-state index contributed by atoms with van der Waals surface area (Å²) in [4.78, 5) is 11.8. The zero-order valence-electron chi connectivity index (χ0n) is 11.6. The van der Waals surface area contributed by atoms with E-state index in [2.05, 4.69) is 17.2 Å². The van der Waals surface area contributed by atoms with Gasteiger partial charge in [0, 0.05) is 12.5 Å². The van der Waals surface area contributed by atoms with E-state index in [9.17, 15) is 4.79 Å². The molecule has 0 radical (unpaired) electrons. The second kappa shape index (κ2) is 6.93. The monoisotopic (exact) mass is 283 g/mol. The van der Waals surface area contributed by atoms with Crippen LogP contribution in [0.5, 0.6) is 0 Å². The lowest BCUT2D eigenvalue weighted by Gasteiger charge is -2.06. The summed E-state index contributed by atoms with van der Waals surface area (Å²) in [6.45, 7) is 5.18. The zero-order valence-corrected chi connectivity index (χ0v) is 12.4. The van der Waals surface area contributed by atoms with Crippen molar-refractivity contribution in [2.75, 3.05) is 18.1 Å². The predicted molar refractivity (Wildman–Crippen MR) is 75.6 cm³/mol. The maximum atomic E-state index is 11.8. The third-order valence-corrected chi connectivity index (χ3v) is 4.05. The van der Waals surface area contributed by atoms with Gasteiger partial charge in [-0.15, -0.1) is 5.10 Å². The minimum Gasteiger partial charge on any atom is -0.461 e. The smallest absolute Gasteiger partial charge is 0.360 e. The number of carbonyl (C=O) groups is 1. The van der Waals surface area contributed by atoms with E-state index in [1.165, 1.54) is 0 Å². The molecular weight excluding hydrogens is 262 g/mol. The first-order valence-corrected chi connectivity index (χ1v) is 8.11. The van der Waals surface area contributed by atoms with Crippen LogP contribution in [-0.2, 0) is 11.3 Å². The predicted octanol–water partition coefficient (Wildman–Crippen LogP) is 2.48. The van der Waals surface area contributed by atoms with Crippen LogP contribution in [0.4, 0.5) is 0 Å². The van der Waals surface area contributed by atoms with E-state index in [1.54, 1.807) is 6.92 Å². The molecular formula is C13H21N3O2S. The summed E-state index contributed by atoms with van der Waals surface area (Å²) >= 11 is 1.93. The van der Waals surface area contributed by atoms with Crippen LogP contribution >= 0.6 is 11.8 Å². The summed E-state index contributed by atoms with van der Waals surface area (Å²) in [6, 6.07) is 0. The van der Waals surface area contributed by atoms with E-state index in [0.29, 0.717) is 18.2 Å². The molecule has 0 spiro atoms. The number of hydrogen-bond acceptors (Lipinski definition) is 5. The van der Waals surface area contributed by atoms with Crippen LogP contribution in [0.15, 0.2) is 0 Å². The number of rotatable bonds is 8. The number of hydrogen-bond donors (Lipinski definition) is 0. The molecule has 2 rings (SSSR count). The Bertz CT molecular complexity index is 430. The van der Waals surface area contributed by atoms with Gasteiger partial charge in [-0.25, -0.2) is 9.48 Å². The third kappa shape index (κ3) is 3.72. The van der Waals surface area contributed by atoms with Crippen LogP contribution in [0, 0.1) is 0 Å². The standard InChI is InChI=1S/C13H21N3O2S/c1-3-18-13(17)11-12(10-6-7-10)16(15-14-11)8-5-9-19-4-2/h10H,3-9H2,1-2H3. The number of ether oxygens (including phenoxy) is 1. The van der Waals surface area contributed by atoms with E-state index in [0.717, 1.165) is 43.0 Å². The summed E-state index contributed by atoms with van der Waals surface area (Å²) in [5.41, 5.74) is 1.41. The van der Waals surface area contributed by atoms with Crippen molar-refractivity contribution in [1.29, 1.82) is 0 Å². The maximum absolute atomic E-state index is 11.8. The Morgan fingerprint density at radius 1 is 1.47 bits per heavy atom. The van der Waals surface area contributed by atoms with Crippen molar-refractivity contribution in [2.45, 2.75) is 45.6 Å². The highest BCUT2D eigenvalue weighted by molar-refractivity contribution is 7.99. The van der Waals surface area contributed by atoms with Crippen LogP contribution < -0.4 is 0 Å². The molecule has 1 aliphatic rings. The molecule has 1 fully saturated rings. The molecule has 1 aliphatic carbocycles. The van der Waals surface area contributed by atoms with Crippen LogP contribution in [0.25, 0.3) is 0 Å². The molecule has 19 heavy (non-hydrogen) atoms. The Labute approximate surface area is 118 Å². The Balaban J connectivity index is 2.04. The number of aromatic nitrogens is 3. The summed E-state index contributed by atoms with van der Waals surface area (Å²) in [5, 5.41) is 8.16. The molecule has 1 aromatic heterocycles. The van der Waals surface area contributed by atoms with Crippen molar-refractivity contribution >= 4 is 17.7 Å². The minimum absolute atomic E-state index is 0.335. The van der Waals surface area contributed by atoms with Gasteiger partial charge in [0.1, 0.15) is 0 Å². The van der Waals surface area contributed by atoms with Crippen molar-refractivity contribution in [1.82, 2.24) is 15.0 Å². The lowest BCUT2D eigenvalue weighted by molar-refractivity contribution is 0.0518. The van der Waals surface area contributed by atoms with Gasteiger partial charge in [0.25, 0.3) is 0 Å². The zero-order chi connectivity index (χ0) is 13.7. The highest BCUT2D eigenvalue weighted by Gasteiger charge is 2.34. The number of carbonyl (C=O) groups excluding carboxylic acids is 1. The molecule has 0 aromatic carbocycles. The molecule has 1 aromatic rings. The van der Waals surface area contributed by atoms with Gasteiger partial charge in [0.05, 0.1) is 12.3 Å². The Morgan fingerprint density at radius 3 is 2.89 bits per heavy atom. The van der Waals surface area contributed by atoms with Gasteiger partial charge in [0.15, 0.2) is 5.69 Å². The Hall–Kier alpha value is -1.04. The van der Waals surface area contributed by atoms with Gasteiger partial charge in [0.2, 0.25) is 0 Å². The Morgan fingerprint density at radius 2 is 2.26 bits per heavy atom. The van der Waals surface area contributed by atoms with Crippen molar-refractivity contribution in [3.8, 4) is 0 Å². The normalized spacial score (nSPS) is 14.6. The van der Waals surface area contributed by atoms with Gasteiger partial charge in [-0.05, 0) is 37.7 Å². The van der Waals surface area contributed by atoms with Gasteiger partial charge in [-0.3, -0.25) is 0 Å². The van der Waals surface area contributed by atoms with Crippen LogP contribution in [0.1, 0.15) is 55.2 Å². The number of nitrogens with zero attached hydrogens (tertiary/aromatic N) is 3. The maximum Gasteiger partial charge on any atom is 0.360 e. The molecule has 0 atom stereocenters. The van der Waals surface area contributed by atoms with Gasteiger partial charge < -0.3 is 4.74 Å². The summed E-state index contributed by atoms with van der Waals surface area (Å²) in [5.74, 6) is 2.38. The van der Waals surface area contributed by atoms with Gasteiger partial charge in [-0.2, -0.15) is 11.8 Å². The van der Waals surface area contributed by atoms with Crippen LogP contribution in [-0.4, -0.2) is 39.1 Å². The molecule has 5 nitrogen and oxygen atoms in total. The first kappa shape index (κ1) is 14.4. The van der Waals surface area contributed by atoms with Crippen LogP contribution in [0.3, 0.4) is 0 Å². The van der Waals surface area contributed by atoms with Crippen molar-refractivity contribution in [2.24, 2.45) is 0 Å². The van der Waals surface area contributed by atoms with E-state index in [1.807, 2.05) is 16.4 Å². The highest BCUT2D eigenvalue weighted by Crippen LogP contribution is 2.41. The fourth-order valence-electron chi connectivity index (χ4n) is 2.05.